The summed E-state index contributed by atoms with van der Waals surface area (Å²) in [6, 6.07) is 5.56. The van der Waals surface area contributed by atoms with E-state index in [9.17, 15) is 8.42 Å². The van der Waals surface area contributed by atoms with Gasteiger partial charge >= 0.3 is 0 Å². The molecular weight excluding hydrogens is 246 g/mol. The molecule has 1 N–H and O–H groups in total. The Kier molecular flexibility index (Phi) is 4.40. The van der Waals surface area contributed by atoms with Gasteiger partial charge in [-0.1, -0.05) is 19.4 Å². The fourth-order valence-corrected chi connectivity index (χ4v) is 3.47. The monoisotopic (exact) mass is 267 g/mol. The first-order valence-electron chi connectivity index (χ1n) is 6.75. The molecule has 18 heavy (non-hydrogen) atoms. The lowest BCUT2D eigenvalue weighted by molar-refractivity contribution is 0.577. The van der Waals surface area contributed by atoms with Crippen LogP contribution in [0.3, 0.4) is 0 Å². The van der Waals surface area contributed by atoms with Crippen LogP contribution in [0.4, 0.5) is 0 Å². The number of unbranched alkanes of at least 4 members (excludes halogenated alkanes) is 1. The highest BCUT2D eigenvalue weighted by Gasteiger charge is 2.16. The van der Waals surface area contributed by atoms with Crippen LogP contribution < -0.4 is 4.72 Å². The zero-order valence-corrected chi connectivity index (χ0v) is 11.7. The first-order chi connectivity index (χ1) is 8.63. The zero-order chi connectivity index (χ0) is 13.0. The second-order valence-corrected chi connectivity index (χ2v) is 6.66. The molecule has 0 fully saturated rings. The maximum atomic E-state index is 12.1. The second kappa shape index (κ2) is 5.85. The van der Waals surface area contributed by atoms with Gasteiger partial charge in [0.2, 0.25) is 10.0 Å². The maximum Gasteiger partial charge on any atom is 0.240 e. The number of hydrogen-bond acceptors (Lipinski definition) is 2. The van der Waals surface area contributed by atoms with Crippen LogP contribution in [0.15, 0.2) is 23.1 Å². The van der Waals surface area contributed by atoms with Gasteiger partial charge in [-0.3, -0.25) is 0 Å². The smallest absolute Gasteiger partial charge is 0.211 e. The van der Waals surface area contributed by atoms with Gasteiger partial charge in [0.05, 0.1) is 4.90 Å². The highest BCUT2D eigenvalue weighted by molar-refractivity contribution is 7.89. The lowest BCUT2D eigenvalue weighted by Gasteiger charge is -2.16. The predicted molar refractivity (Wildman–Crippen MR) is 73.2 cm³/mol. The van der Waals surface area contributed by atoms with Gasteiger partial charge in [-0.05, 0) is 55.4 Å². The molecule has 0 unspecified atom stereocenters. The topological polar surface area (TPSA) is 46.2 Å². The van der Waals surface area contributed by atoms with Crippen LogP contribution >= 0.6 is 0 Å². The Morgan fingerprint density at radius 1 is 1.17 bits per heavy atom. The van der Waals surface area contributed by atoms with Crippen molar-refractivity contribution in [3.05, 3.63) is 29.3 Å². The van der Waals surface area contributed by atoms with Crippen molar-refractivity contribution in [3.8, 4) is 0 Å². The SMILES string of the molecule is CCCCNS(=O)(=O)c1ccc2c(c1)CCCC2. The van der Waals surface area contributed by atoms with E-state index in [1.54, 1.807) is 6.07 Å². The molecule has 100 valence electrons. The number of aryl methyl sites for hydroxylation is 2. The summed E-state index contributed by atoms with van der Waals surface area (Å²) in [6.07, 6.45) is 6.34. The van der Waals surface area contributed by atoms with Crippen molar-refractivity contribution in [3.63, 3.8) is 0 Å². The van der Waals surface area contributed by atoms with Crippen molar-refractivity contribution in [1.29, 1.82) is 0 Å². The van der Waals surface area contributed by atoms with E-state index < -0.39 is 10.0 Å². The highest BCUT2D eigenvalue weighted by Crippen LogP contribution is 2.23. The Hall–Kier alpha value is -0.870. The number of hydrogen-bond donors (Lipinski definition) is 1. The molecule has 0 amide bonds. The van der Waals surface area contributed by atoms with E-state index in [1.165, 1.54) is 24.0 Å². The van der Waals surface area contributed by atoms with Gasteiger partial charge in [-0.25, -0.2) is 13.1 Å². The maximum absolute atomic E-state index is 12.1. The minimum Gasteiger partial charge on any atom is -0.211 e. The fraction of sp³-hybridized carbons (Fsp3) is 0.571. The van der Waals surface area contributed by atoms with Crippen molar-refractivity contribution < 1.29 is 8.42 Å². The molecule has 0 bridgehead atoms. The van der Waals surface area contributed by atoms with Crippen molar-refractivity contribution >= 4 is 10.0 Å². The molecule has 0 aliphatic heterocycles. The molecule has 0 atom stereocenters. The average Bonchev–Trinajstić information content (AvgIpc) is 2.38. The van der Waals surface area contributed by atoms with E-state index in [1.807, 2.05) is 19.1 Å². The van der Waals surface area contributed by atoms with E-state index in [-0.39, 0.29) is 0 Å². The molecule has 0 spiro atoms. The van der Waals surface area contributed by atoms with E-state index in [0.29, 0.717) is 11.4 Å². The molecule has 1 aliphatic carbocycles. The number of benzene rings is 1. The Balaban J connectivity index is 2.17. The second-order valence-electron chi connectivity index (χ2n) is 4.89. The summed E-state index contributed by atoms with van der Waals surface area (Å²) in [7, 11) is -3.32. The van der Waals surface area contributed by atoms with Crippen molar-refractivity contribution in [2.24, 2.45) is 0 Å². The molecule has 2 rings (SSSR count). The number of fused-ring (bicyclic) bond motifs is 1. The predicted octanol–water partition coefficient (Wildman–Crippen LogP) is 2.64. The number of rotatable bonds is 5. The Morgan fingerprint density at radius 3 is 2.61 bits per heavy atom. The van der Waals surface area contributed by atoms with Crippen LogP contribution in [-0.4, -0.2) is 15.0 Å². The van der Waals surface area contributed by atoms with Crippen LogP contribution in [-0.2, 0) is 22.9 Å². The summed E-state index contributed by atoms with van der Waals surface area (Å²) < 4.78 is 26.8. The Morgan fingerprint density at radius 2 is 1.89 bits per heavy atom. The van der Waals surface area contributed by atoms with Crippen LogP contribution in [0.5, 0.6) is 0 Å². The lowest BCUT2D eigenvalue weighted by Crippen LogP contribution is -2.25. The van der Waals surface area contributed by atoms with Gasteiger partial charge < -0.3 is 0 Å². The Labute approximate surface area is 110 Å². The molecular formula is C14H21NO2S. The molecule has 4 heteroatoms. The van der Waals surface area contributed by atoms with Gasteiger partial charge in [0.15, 0.2) is 0 Å². The summed E-state index contributed by atoms with van der Waals surface area (Å²) in [5.41, 5.74) is 2.52. The molecule has 0 aromatic heterocycles. The quantitative estimate of drug-likeness (QED) is 0.834. The summed E-state index contributed by atoms with van der Waals surface area (Å²) in [4.78, 5) is 0.416. The van der Waals surface area contributed by atoms with E-state index in [4.69, 9.17) is 0 Å². The van der Waals surface area contributed by atoms with Gasteiger partial charge in [-0.15, -0.1) is 0 Å². The molecule has 3 nitrogen and oxygen atoms in total. The number of sulfonamides is 1. The van der Waals surface area contributed by atoms with Crippen molar-refractivity contribution in [1.82, 2.24) is 4.72 Å². The zero-order valence-electron chi connectivity index (χ0n) is 10.9. The third kappa shape index (κ3) is 3.12. The molecule has 0 heterocycles. The summed E-state index contributed by atoms with van der Waals surface area (Å²) >= 11 is 0. The fourth-order valence-electron chi connectivity index (χ4n) is 2.34. The highest BCUT2D eigenvalue weighted by atomic mass is 32.2. The van der Waals surface area contributed by atoms with Crippen LogP contribution in [0, 0.1) is 0 Å². The van der Waals surface area contributed by atoms with E-state index in [2.05, 4.69) is 4.72 Å². The number of nitrogens with one attached hydrogen (secondary N) is 1. The normalized spacial score (nSPS) is 15.4. The molecule has 1 aliphatic rings. The van der Waals surface area contributed by atoms with Gasteiger partial charge in [0.25, 0.3) is 0 Å². The summed E-state index contributed by atoms with van der Waals surface area (Å²) in [6.45, 7) is 2.57. The van der Waals surface area contributed by atoms with E-state index >= 15 is 0 Å². The first-order valence-corrected chi connectivity index (χ1v) is 8.23. The third-order valence-electron chi connectivity index (χ3n) is 3.45. The largest absolute Gasteiger partial charge is 0.240 e. The lowest BCUT2D eigenvalue weighted by atomic mass is 9.92. The minimum absolute atomic E-state index is 0.416. The van der Waals surface area contributed by atoms with Crippen molar-refractivity contribution in [2.45, 2.75) is 50.3 Å². The van der Waals surface area contributed by atoms with Crippen molar-refractivity contribution in [2.75, 3.05) is 6.54 Å². The van der Waals surface area contributed by atoms with Crippen LogP contribution in [0.25, 0.3) is 0 Å². The summed E-state index contributed by atoms with van der Waals surface area (Å²) in [5.74, 6) is 0. The van der Waals surface area contributed by atoms with E-state index in [0.717, 1.165) is 25.7 Å². The molecule has 0 saturated heterocycles. The summed E-state index contributed by atoms with van der Waals surface area (Å²) in [5, 5.41) is 0. The van der Waals surface area contributed by atoms with Crippen LogP contribution in [0.1, 0.15) is 43.7 Å². The minimum atomic E-state index is -3.32. The molecule has 0 saturated carbocycles. The molecule has 1 aromatic carbocycles. The Bertz CT molecular complexity index is 509. The van der Waals surface area contributed by atoms with Crippen LogP contribution in [0.2, 0.25) is 0 Å². The van der Waals surface area contributed by atoms with Gasteiger partial charge in [-0.2, -0.15) is 0 Å². The standard InChI is InChI=1S/C14H21NO2S/c1-2-3-10-15-18(16,17)14-9-8-12-6-4-5-7-13(12)11-14/h8-9,11,15H,2-7,10H2,1H3. The molecule has 0 radical (unpaired) electrons. The average molecular weight is 267 g/mol. The van der Waals surface area contributed by atoms with Gasteiger partial charge in [0, 0.05) is 6.54 Å². The molecule has 1 aromatic rings. The van der Waals surface area contributed by atoms with Gasteiger partial charge in [0.1, 0.15) is 0 Å². The third-order valence-corrected chi connectivity index (χ3v) is 4.91. The first kappa shape index (κ1) is 13.6.